The average molecular weight is 312 g/mol. The molecule has 3 nitrogen and oxygen atoms in total. The lowest BCUT2D eigenvalue weighted by Crippen LogP contribution is -2.49. The van der Waals surface area contributed by atoms with Gasteiger partial charge in [0.25, 0.3) is 0 Å². The molecule has 0 spiro atoms. The molecule has 3 N–H and O–H groups in total. The lowest BCUT2D eigenvalue weighted by molar-refractivity contribution is 0.112. The minimum atomic E-state index is -0.237. The normalized spacial score (nSPS) is 30.6. The minimum Gasteiger partial charge on any atom is -0.300 e. The van der Waals surface area contributed by atoms with E-state index < -0.39 is 0 Å². The van der Waals surface area contributed by atoms with Crippen LogP contribution in [0.5, 0.6) is 0 Å². The van der Waals surface area contributed by atoms with Crippen molar-refractivity contribution < 1.29 is 4.39 Å². The Kier molecular flexibility index (Phi) is 4.50. The highest BCUT2D eigenvalue weighted by Crippen LogP contribution is 2.39. The van der Waals surface area contributed by atoms with Crippen molar-refractivity contribution >= 4 is 11.6 Å². The van der Waals surface area contributed by atoms with E-state index in [1.165, 1.54) is 18.9 Å². The van der Waals surface area contributed by atoms with Crippen molar-refractivity contribution in [1.29, 1.82) is 0 Å². The third-order valence-electron chi connectivity index (χ3n) is 5.37. The van der Waals surface area contributed by atoms with E-state index in [1.807, 2.05) is 0 Å². The van der Waals surface area contributed by atoms with Crippen molar-refractivity contribution in [2.24, 2.45) is 11.8 Å². The van der Waals surface area contributed by atoms with Gasteiger partial charge < -0.3 is 4.90 Å². The molecule has 2 saturated heterocycles. The highest BCUT2D eigenvalue weighted by molar-refractivity contribution is 6.30. The second-order valence-corrected chi connectivity index (χ2v) is 6.93. The molecule has 0 radical (unpaired) electrons. The smallest absolute Gasteiger partial charge is 0.127 e. The van der Waals surface area contributed by atoms with Crippen LogP contribution in [0.1, 0.15) is 31.2 Å². The Balaban J connectivity index is 1.71. The van der Waals surface area contributed by atoms with E-state index in [-0.39, 0.29) is 11.9 Å². The van der Waals surface area contributed by atoms with Crippen LogP contribution in [0.3, 0.4) is 0 Å². The first-order chi connectivity index (χ1) is 10.1. The number of piperidine rings is 1. The molecule has 1 aromatic rings. The Hall–Kier alpha value is -0.680. The van der Waals surface area contributed by atoms with E-state index in [1.54, 1.807) is 12.1 Å². The zero-order valence-electron chi connectivity index (χ0n) is 12.4. The van der Waals surface area contributed by atoms with Crippen molar-refractivity contribution in [1.82, 2.24) is 10.3 Å². The number of nitrogens with one attached hydrogen (secondary N) is 1. The van der Waals surface area contributed by atoms with Gasteiger partial charge in [-0.25, -0.2) is 4.39 Å². The first-order valence-corrected chi connectivity index (χ1v) is 8.08. The van der Waals surface area contributed by atoms with Crippen molar-refractivity contribution in [3.63, 3.8) is 0 Å². The molecule has 21 heavy (non-hydrogen) atoms. The molecule has 0 aromatic heterocycles. The van der Waals surface area contributed by atoms with E-state index in [2.05, 4.69) is 17.4 Å². The summed E-state index contributed by atoms with van der Waals surface area (Å²) in [7, 11) is 2.22. The lowest BCUT2D eigenvalue weighted by Gasteiger charge is -2.39. The molecule has 3 atom stereocenters. The Morgan fingerprint density at radius 2 is 2.05 bits per heavy atom. The maximum atomic E-state index is 14.0. The van der Waals surface area contributed by atoms with Gasteiger partial charge >= 0.3 is 0 Å². The molecule has 3 unspecified atom stereocenters. The summed E-state index contributed by atoms with van der Waals surface area (Å²) in [6.45, 7) is 0. The third-order valence-corrected chi connectivity index (χ3v) is 5.61. The molecule has 2 aliphatic heterocycles. The molecule has 0 saturated carbocycles. The number of rotatable bonds is 4. The maximum Gasteiger partial charge on any atom is 0.127 e. The van der Waals surface area contributed by atoms with Crippen LogP contribution in [0.15, 0.2) is 18.2 Å². The molecule has 1 aromatic carbocycles. The fraction of sp³-hybridized carbons (Fsp3) is 0.625. The number of benzene rings is 1. The van der Waals surface area contributed by atoms with E-state index in [0.29, 0.717) is 35.0 Å². The number of hydrogen-bond donors (Lipinski definition) is 2. The molecule has 2 bridgehead atoms. The zero-order chi connectivity index (χ0) is 15.0. The summed E-state index contributed by atoms with van der Waals surface area (Å²) in [6, 6.07) is 6.34. The van der Waals surface area contributed by atoms with Gasteiger partial charge in [0.15, 0.2) is 0 Å². The van der Waals surface area contributed by atoms with E-state index in [9.17, 15) is 4.39 Å². The van der Waals surface area contributed by atoms with Crippen molar-refractivity contribution in [2.45, 2.75) is 50.2 Å². The van der Waals surface area contributed by atoms with Gasteiger partial charge in [-0.15, -0.1) is 0 Å². The molecule has 3 rings (SSSR count). The number of hydrogen-bond acceptors (Lipinski definition) is 3. The number of nitrogens with zero attached hydrogens (tertiary/aromatic N) is 1. The van der Waals surface area contributed by atoms with Gasteiger partial charge in [-0.3, -0.25) is 11.3 Å². The fourth-order valence-corrected chi connectivity index (χ4v) is 4.23. The van der Waals surface area contributed by atoms with Gasteiger partial charge in [-0.05, 0) is 62.8 Å². The van der Waals surface area contributed by atoms with Crippen molar-refractivity contribution in [2.75, 3.05) is 7.05 Å². The first-order valence-electron chi connectivity index (χ1n) is 7.70. The summed E-state index contributed by atoms with van der Waals surface area (Å²) in [5.74, 6) is 6.04. The third kappa shape index (κ3) is 3.09. The number of nitrogens with two attached hydrogens (primary N) is 1. The van der Waals surface area contributed by atoms with Gasteiger partial charge in [0.1, 0.15) is 5.82 Å². The van der Waals surface area contributed by atoms with Crippen LogP contribution >= 0.6 is 11.6 Å². The SMILES string of the molecule is CN1C2CCC1CC(C(Cc1ccc(Cl)cc1F)NN)C2. The minimum absolute atomic E-state index is 0.123. The summed E-state index contributed by atoms with van der Waals surface area (Å²) in [5, 5.41) is 0.436. The van der Waals surface area contributed by atoms with Crippen LogP contribution in [0.25, 0.3) is 0 Å². The van der Waals surface area contributed by atoms with Gasteiger partial charge in [-0.2, -0.15) is 0 Å². The van der Waals surface area contributed by atoms with Crippen LogP contribution in [0.4, 0.5) is 4.39 Å². The quantitative estimate of drug-likeness (QED) is 0.663. The monoisotopic (exact) mass is 311 g/mol. The average Bonchev–Trinajstić information content (AvgIpc) is 2.68. The van der Waals surface area contributed by atoms with Crippen LogP contribution in [-0.2, 0) is 6.42 Å². The number of halogens is 2. The largest absolute Gasteiger partial charge is 0.300 e. The van der Waals surface area contributed by atoms with Crippen molar-refractivity contribution in [3.8, 4) is 0 Å². The summed E-state index contributed by atoms with van der Waals surface area (Å²) < 4.78 is 14.0. The highest BCUT2D eigenvalue weighted by atomic mass is 35.5. The van der Waals surface area contributed by atoms with Crippen LogP contribution in [0, 0.1) is 11.7 Å². The molecule has 5 heteroatoms. The van der Waals surface area contributed by atoms with E-state index in [4.69, 9.17) is 17.4 Å². The molecule has 2 aliphatic rings. The summed E-state index contributed by atoms with van der Waals surface area (Å²) in [4.78, 5) is 2.51. The molecule has 0 aliphatic carbocycles. The Bertz CT molecular complexity index is 496. The van der Waals surface area contributed by atoms with Crippen LogP contribution < -0.4 is 11.3 Å². The Morgan fingerprint density at radius 3 is 2.62 bits per heavy atom. The molecular formula is C16H23ClFN3. The first kappa shape index (κ1) is 15.2. The second kappa shape index (κ2) is 6.21. The Morgan fingerprint density at radius 1 is 1.38 bits per heavy atom. The summed E-state index contributed by atoms with van der Waals surface area (Å²) >= 11 is 5.81. The summed E-state index contributed by atoms with van der Waals surface area (Å²) in [5.41, 5.74) is 3.62. The van der Waals surface area contributed by atoms with Gasteiger partial charge in [0.2, 0.25) is 0 Å². The molecule has 116 valence electrons. The molecule has 0 amide bonds. The fourth-order valence-electron chi connectivity index (χ4n) is 4.07. The zero-order valence-corrected chi connectivity index (χ0v) is 13.1. The van der Waals surface area contributed by atoms with Crippen LogP contribution in [-0.4, -0.2) is 30.1 Å². The van der Waals surface area contributed by atoms with E-state index >= 15 is 0 Å². The second-order valence-electron chi connectivity index (χ2n) is 6.49. The standard InChI is InChI=1S/C16H23ClFN3/c1-21-13-4-5-14(21)7-11(6-13)16(20-19)8-10-2-3-12(17)9-15(10)18/h2-3,9,11,13-14,16,20H,4-8,19H2,1H3. The number of hydrazine groups is 1. The molecular weight excluding hydrogens is 289 g/mol. The van der Waals surface area contributed by atoms with Crippen LogP contribution in [0.2, 0.25) is 5.02 Å². The molecule has 2 heterocycles. The van der Waals surface area contributed by atoms with E-state index in [0.717, 1.165) is 12.8 Å². The van der Waals surface area contributed by atoms with Gasteiger partial charge in [0.05, 0.1) is 0 Å². The van der Waals surface area contributed by atoms with Crippen molar-refractivity contribution in [3.05, 3.63) is 34.6 Å². The maximum absolute atomic E-state index is 14.0. The number of fused-ring (bicyclic) bond motifs is 2. The predicted molar refractivity (Wildman–Crippen MR) is 83.5 cm³/mol. The predicted octanol–water partition coefficient (Wildman–Crippen LogP) is 2.73. The molecule has 2 fully saturated rings. The van der Waals surface area contributed by atoms with Gasteiger partial charge in [0, 0.05) is 23.1 Å². The van der Waals surface area contributed by atoms with Gasteiger partial charge in [-0.1, -0.05) is 17.7 Å². The highest BCUT2D eigenvalue weighted by Gasteiger charge is 2.40. The Labute approximate surface area is 130 Å². The summed E-state index contributed by atoms with van der Waals surface area (Å²) in [6.07, 6.45) is 5.48. The lowest BCUT2D eigenvalue weighted by atomic mass is 9.83. The topological polar surface area (TPSA) is 41.3 Å².